The van der Waals surface area contributed by atoms with Crippen LogP contribution in [-0.2, 0) is 11.8 Å². The third kappa shape index (κ3) is 2.73. The van der Waals surface area contributed by atoms with Gasteiger partial charge in [-0.2, -0.15) is 0 Å². The molecule has 0 aromatic carbocycles. The Morgan fingerprint density at radius 1 is 1.47 bits per heavy atom. The van der Waals surface area contributed by atoms with E-state index in [0.717, 1.165) is 5.69 Å². The number of carbonyl (C=O) groups is 2. The first kappa shape index (κ1) is 13.1. The predicted octanol–water partition coefficient (Wildman–Crippen LogP) is 1.12. The number of aryl methyl sites for hydroxylation is 2. The number of Topliss-reactive ketones (excluding diaryl/α,β-unsaturated/α-hetero) is 1. The Bertz CT molecular complexity index is 612. The average Bonchev–Trinajstić information content (AvgIpc) is 2.97. The molecular formula is C13H16N4O2. The molecule has 2 aromatic rings. The summed E-state index contributed by atoms with van der Waals surface area (Å²) in [6.45, 7) is 3.65. The maximum absolute atomic E-state index is 11.9. The van der Waals surface area contributed by atoms with Crippen LogP contribution in [0.15, 0.2) is 24.5 Å². The Kier molecular flexibility index (Phi) is 3.50. The second-order valence-corrected chi connectivity index (χ2v) is 4.48. The third-order valence-electron chi connectivity index (χ3n) is 2.86. The number of hydrogen-bond acceptors (Lipinski definition) is 3. The van der Waals surface area contributed by atoms with E-state index < -0.39 is 11.7 Å². The van der Waals surface area contributed by atoms with Gasteiger partial charge in [0.05, 0.1) is 11.7 Å². The summed E-state index contributed by atoms with van der Waals surface area (Å²) >= 11 is 0. The maximum atomic E-state index is 11.9. The van der Waals surface area contributed by atoms with Crippen molar-refractivity contribution < 1.29 is 9.59 Å². The van der Waals surface area contributed by atoms with E-state index in [1.54, 1.807) is 43.1 Å². The Morgan fingerprint density at radius 2 is 2.21 bits per heavy atom. The number of aromatic amines is 1. The smallest absolute Gasteiger partial charge is 0.294 e. The van der Waals surface area contributed by atoms with Crippen LogP contribution in [0.25, 0.3) is 0 Å². The molecule has 0 spiro atoms. The van der Waals surface area contributed by atoms with Gasteiger partial charge >= 0.3 is 0 Å². The summed E-state index contributed by atoms with van der Waals surface area (Å²) in [5, 5.41) is 2.63. The number of ketones is 1. The van der Waals surface area contributed by atoms with Crippen LogP contribution in [0.1, 0.15) is 35.0 Å². The summed E-state index contributed by atoms with van der Waals surface area (Å²) in [4.78, 5) is 30.9. The fourth-order valence-corrected chi connectivity index (χ4v) is 1.80. The summed E-state index contributed by atoms with van der Waals surface area (Å²) in [6, 6.07) is 2.99. The normalized spacial score (nSPS) is 12.2. The van der Waals surface area contributed by atoms with Crippen LogP contribution in [0.4, 0.5) is 0 Å². The van der Waals surface area contributed by atoms with Gasteiger partial charge in [0.15, 0.2) is 0 Å². The van der Waals surface area contributed by atoms with Crippen molar-refractivity contribution in [2.24, 2.45) is 7.05 Å². The van der Waals surface area contributed by atoms with Crippen LogP contribution in [-0.4, -0.2) is 26.2 Å². The fraction of sp³-hybridized carbons (Fsp3) is 0.308. The SMILES string of the molecule is Cc1cnc(C(C)NC(=O)C(=O)c2cccn2C)[nH]1. The number of nitrogens with zero attached hydrogens (tertiary/aromatic N) is 2. The zero-order chi connectivity index (χ0) is 14.0. The van der Waals surface area contributed by atoms with Gasteiger partial charge in [0.1, 0.15) is 5.82 Å². The second kappa shape index (κ2) is 5.09. The molecular weight excluding hydrogens is 244 g/mol. The molecule has 2 rings (SSSR count). The van der Waals surface area contributed by atoms with E-state index in [1.807, 2.05) is 6.92 Å². The molecule has 100 valence electrons. The quantitative estimate of drug-likeness (QED) is 0.638. The lowest BCUT2D eigenvalue weighted by Crippen LogP contribution is -2.34. The lowest BCUT2D eigenvalue weighted by atomic mass is 10.2. The molecule has 6 heteroatoms. The maximum Gasteiger partial charge on any atom is 0.294 e. The van der Waals surface area contributed by atoms with Crippen LogP contribution >= 0.6 is 0 Å². The number of nitrogens with one attached hydrogen (secondary N) is 2. The first-order valence-corrected chi connectivity index (χ1v) is 5.97. The van der Waals surface area contributed by atoms with Crippen molar-refractivity contribution in [2.75, 3.05) is 0 Å². The van der Waals surface area contributed by atoms with Gasteiger partial charge in [-0.25, -0.2) is 4.98 Å². The van der Waals surface area contributed by atoms with Crippen molar-refractivity contribution in [3.63, 3.8) is 0 Å². The van der Waals surface area contributed by atoms with Crippen molar-refractivity contribution in [3.05, 3.63) is 41.7 Å². The number of imidazole rings is 1. The van der Waals surface area contributed by atoms with Gasteiger partial charge in [-0.05, 0) is 26.0 Å². The minimum absolute atomic E-state index is 0.342. The highest BCUT2D eigenvalue weighted by Crippen LogP contribution is 2.08. The molecule has 2 N–H and O–H groups in total. The Hall–Kier alpha value is -2.37. The molecule has 0 aliphatic heterocycles. The van der Waals surface area contributed by atoms with Crippen molar-refractivity contribution in [2.45, 2.75) is 19.9 Å². The molecule has 2 heterocycles. The Labute approximate surface area is 110 Å². The predicted molar refractivity (Wildman–Crippen MR) is 69.6 cm³/mol. The first-order chi connectivity index (χ1) is 8.99. The average molecular weight is 260 g/mol. The third-order valence-corrected chi connectivity index (χ3v) is 2.86. The summed E-state index contributed by atoms with van der Waals surface area (Å²) < 4.78 is 1.61. The number of H-pyrrole nitrogens is 1. The Balaban J connectivity index is 2.05. The summed E-state index contributed by atoms with van der Waals surface area (Å²) in [5.41, 5.74) is 1.27. The first-order valence-electron chi connectivity index (χ1n) is 5.97. The van der Waals surface area contributed by atoms with E-state index in [2.05, 4.69) is 15.3 Å². The van der Waals surface area contributed by atoms with Gasteiger partial charge in [0, 0.05) is 25.1 Å². The number of aromatic nitrogens is 3. The van der Waals surface area contributed by atoms with Gasteiger partial charge in [-0.15, -0.1) is 0 Å². The molecule has 1 atom stereocenters. The molecule has 2 aromatic heterocycles. The second-order valence-electron chi connectivity index (χ2n) is 4.48. The van der Waals surface area contributed by atoms with E-state index in [4.69, 9.17) is 0 Å². The number of hydrogen-bond donors (Lipinski definition) is 2. The zero-order valence-electron chi connectivity index (χ0n) is 11.1. The lowest BCUT2D eigenvalue weighted by Gasteiger charge is -2.11. The molecule has 1 unspecified atom stereocenters. The van der Waals surface area contributed by atoms with Crippen molar-refractivity contribution in [1.29, 1.82) is 0 Å². The summed E-state index contributed by atoms with van der Waals surface area (Å²) in [7, 11) is 1.72. The molecule has 0 fully saturated rings. The van der Waals surface area contributed by atoms with Crippen molar-refractivity contribution >= 4 is 11.7 Å². The van der Waals surface area contributed by atoms with E-state index in [1.165, 1.54) is 0 Å². The van der Waals surface area contributed by atoms with Gasteiger partial charge in [0.2, 0.25) is 0 Å². The molecule has 19 heavy (non-hydrogen) atoms. The molecule has 6 nitrogen and oxygen atoms in total. The summed E-state index contributed by atoms with van der Waals surface area (Å²) in [6.07, 6.45) is 3.40. The zero-order valence-corrected chi connectivity index (χ0v) is 11.1. The van der Waals surface area contributed by atoms with E-state index in [-0.39, 0.29) is 6.04 Å². The Morgan fingerprint density at radius 3 is 2.74 bits per heavy atom. The summed E-state index contributed by atoms with van der Waals surface area (Å²) in [5.74, 6) is -0.559. The van der Waals surface area contributed by atoms with E-state index in [9.17, 15) is 9.59 Å². The molecule has 0 bridgehead atoms. The molecule has 1 amide bonds. The number of amides is 1. The van der Waals surface area contributed by atoms with Crippen molar-refractivity contribution in [1.82, 2.24) is 19.9 Å². The molecule has 0 saturated heterocycles. The molecule has 0 saturated carbocycles. The van der Waals surface area contributed by atoms with Gasteiger partial charge < -0.3 is 14.9 Å². The van der Waals surface area contributed by atoms with Crippen LogP contribution in [0.2, 0.25) is 0 Å². The highest BCUT2D eigenvalue weighted by molar-refractivity contribution is 6.42. The van der Waals surface area contributed by atoms with E-state index in [0.29, 0.717) is 11.5 Å². The van der Waals surface area contributed by atoms with Gasteiger partial charge in [-0.3, -0.25) is 9.59 Å². The fourth-order valence-electron chi connectivity index (χ4n) is 1.80. The number of carbonyl (C=O) groups excluding carboxylic acids is 2. The van der Waals surface area contributed by atoms with Crippen LogP contribution in [0, 0.1) is 6.92 Å². The minimum Gasteiger partial charge on any atom is -0.348 e. The topological polar surface area (TPSA) is 79.8 Å². The van der Waals surface area contributed by atoms with Crippen molar-refractivity contribution in [3.8, 4) is 0 Å². The van der Waals surface area contributed by atoms with E-state index >= 15 is 0 Å². The highest BCUT2D eigenvalue weighted by atomic mass is 16.2. The van der Waals surface area contributed by atoms with Gasteiger partial charge in [0.25, 0.3) is 11.7 Å². The largest absolute Gasteiger partial charge is 0.348 e. The minimum atomic E-state index is -0.636. The highest BCUT2D eigenvalue weighted by Gasteiger charge is 2.21. The molecule has 0 aliphatic rings. The van der Waals surface area contributed by atoms with Crippen LogP contribution in [0.5, 0.6) is 0 Å². The molecule has 0 aliphatic carbocycles. The standard InChI is InChI=1S/C13H16N4O2/c1-8-7-14-12(15-8)9(2)16-13(19)11(18)10-5-4-6-17(10)3/h4-7,9H,1-3H3,(H,14,15)(H,16,19). The van der Waals surface area contributed by atoms with Crippen LogP contribution in [0.3, 0.4) is 0 Å². The molecule has 0 radical (unpaired) electrons. The number of rotatable bonds is 4. The monoisotopic (exact) mass is 260 g/mol. The lowest BCUT2D eigenvalue weighted by molar-refractivity contribution is -0.117. The van der Waals surface area contributed by atoms with Crippen LogP contribution < -0.4 is 5.32 Å². The van der Waals surface area contributed by atoms with Gasteiger partial charge in [-0.1, -0.05) is 0 Å².